The van der Waals surface area contributed by atoms with Gasteiger partial charge in [-0.2, -0.15) is 0 Å². The summed E-state index contributed by atoms with van der Waals surface area (Å²) in [4.78, 5) is 29.2. The highest BCUT2D eigenvalue weighted by Gasteiger charge is 2.31. The van der Waals surface area contributed by atoms with Gasteiger partial charge in [-0.3, -0.25) is 9.78 Å². The van der Waals surface area contributed by atoms with E-state index in [1.165, 1.54) is 17.8 Å². The molecule has 1 aromatic carbocycles. The molecule has 7 heteroatoms. The van der Waals surface area contributed by atoms with Crippen LogP contribution in [0.1, 0.15) is 22.8 Å². The number of allylic oxidation sites excluding steroid dienone is 1. The van der Waals surface area contributed by atoms with Crippen LogP contribution >= 0.6 is 23.4 Å². The van der Waals surface area contributed by atoms with E-state index in [-0.39, 0.29) is 5.91 Å². The number of benzene rings is 1. The minimum absolute atomic E-state index is 0.299. The molecule has 2 heterocycles. The Kier molecular flexibility index (Phi) is 4.87. The normalized spacial score (nSPS) is 17.4. The van der Waals surface area contributed by atoms with Crippen molar-refractivity contribution < 1.29 is 14.3 Å². The lowest BCUT2D eigenvalue weighted by molar-refractivity contribution is -0.125. The molecule has 1 aromatic heterocycles. The number of rotatable bonds is 3. The van der Waals surface area contributed by atoms with Crippen LogP contribution in [0.5, 0.6) is 0 Å². The van der Waals surface area contributed by atoms with Gasteiger partial charge >= 0.3 is 5.97 Å². The van der Waals surface area contributed by atoms with Crippen LogP contribution in [0.15, 0.2) is 54.5 Å². The van der Waals surface area contributed by atoms with Crippen molar-refractivity contribution in [3.05, 3.63) is 70.6 Å². The molecule has 1 aliphatic rings. The fourth-order valence-electron chi connectivity index (χ4n) is 2.20. The van der Waals surface area contributed by atoms with Gasteiger partial charge in [0.05, 0.1) is 5.56 Å². The Morgan fingerprint density at radius 1 is 1.29 bits per heavy atom. The largest absolute Gasteiger partial charge is 0.437 e. The molecule has 1 aliphatic heterocycles. The van der Waals surface area contributed by atoms with Gasteiger partial charge in [0.2, 0.25) is 5.44 Å². The van der Waals surface area contributed by atoms with Crippen molar-refractivity contribution in [2.75, 3.05) is 0 Å². The molecule has 0 saturated carbocycles. The van der Waals surface area contributed by atoms with Crippen molar-refractivity contribution in [2.24, 2.45) is 0 Å². The van der Waals surface area contributed by atoms with Gasteiger partial charge in [0, 0.05) is 28.0 Å². The van der Waals surface area contributed by atoms with E-state index in [1.807, 2.05) is 12.1 Å². The summed E-state index contributed by atoms with van der Waals surface area (Å²) < 4.78 is 5.35. The van der Waals surface area contributed by atoms with E-state index in [0.29, 0.717) is 16.3 Å². The molecule has 1 N–H and O–H groups in total. The SMILES string of the molecule is CC1=C(c2ccncc2)SC(OC(=O)c2cccc(Cl)c2)C(=O)N1. The Morgan fingerprint density at radius 2 is 2.04 bits per heavy atom. The molecule has 1 unspecified atom stereocenters. The average molecular weight is 361 g/mol. The van der Waals surface area contributed by atoms with Crippen LogP contribution in [-0.2, 0) is 9.53 Å². The second-order valence-corrected chi connectivity index (χ2v) is 6.55. The van der Waals surface area contributed by atoms with E-state index in [4.69, 9.17) is 16.3 Å². The Balaban J connectivity index is 1.80. The summed E-state index contributed by atoms with van der Waals surface area (Å²) in [7, 11) is 0. The number of hydrogen-bond acceptors (Lipinski definition) is 5. The molecule has 122 valence electrons. The average Bonchev–Trinajstić information content (AvgIpc) is 2.58. The number of esters is 1. The number of pyridine rings is 1. The number of nitrogens with one attached hydrogen (secondary N) is 1. The molecule has 1 amide bonds. The maximum Gasteiger partial charge on any atom is 0.339 e. The third-order valence-corrected chi connectivity index (χ3v) is 4.84. The molecule has 5 nitrogen and oxygen atoms in total. The minimum Gasteiger partial charge on any atom is -0.437 e. The Hall–Kier alpha value is -2.31. The molecule has 0 fully saturated rings. The molecule has 0 spiro atoms. The van der Waals surface area contributed by atoms with Crippen molar-refractivity contribution >= 4 is 40.1 Å². The van der Waals surface area contributed by atoms with E-state index in [0.717, 1.165) is 10.5 Å². The van der Waals surface area contributed by atoms with Crippen LogP contribution in [0, 0.1) is 0 Å². The quantitative estimate of drug-likeness (QED) is 0.849. The maximum atomic E-state index is 12.2. The van der Waals surface area contributed by atoms with E-state index >= 15 is 0 Å². The van der Waals surface area contributed by atoms with Crippen LogP contribution in [0.2, 0.25) is 5.02 Å². The highest BCUT2D eigenvalue weighted by Crippen LogP contribution is 2.37. The van der Waals surface area contributed by atoms with Crippen LogP contribution in [0.3, 0.4) is 0 Å². The van der Waals surface area contributed by atoms with Crippen molar-refractivity contribution in [3.63, 3.8) is 0 Å². The molecular formula is C17H13ClN2O3S. The van der Waals surface area contributed by atoms with Crippen molar-refractivity contribution in [1.29, 1.82) is 0 Å². The monoisotopic (exact) mass is 360 g/mol. The highest BCUT2D eigenvalue weighted by atomic mass is 35.5. The molecule has 3 rings (SSSR count). The fraction of sp³-hybridized carbons (Fsp3) is 0.118. The fourth-order valence-corrected chi connectivity index (χ4v) is 3.40. The summed E-state index contributed by atoms with van der Waals surface area (Å²) in [5.41, 5.74) is 0.943. The predicted molar refractivity (Wildman–Crippen MR) is 93.2 cm³/mol. The van der Waals surface area contributed by atoms with Gasteiger partial charge in [-0.1, -0.05) is 29.4 Å². The van der Waals surface area contributed by atoms with Crippen LogP contribution < -0.4 is 5.32 Å². The van der Waals surface area contributed by atoms with Gasteiger partial charge in [0.15, 0.2) is 0 Å². The molecule has 0 radical (unpaired) electrons. The first-order valence-electron chi connectivity index (χ1n) is 7.10. The first kappa shape index (κ1) is 16.5. The number of aromatic nitrogens is 1. The van der Waals surface area contributed by atoms with Crippen molar-refractivity contribution in [3.8, 4) is 0 Å². The van der Waals surface area contributed by atoms with Gasteiger partial charge in [0.1, 0.15) is 0 Å². The zero-order chi connectivity index (χ0) is 17.1. The summed E-state index contributed by atoms with van der Waals surface area (Å²) in [6.45, 7) is 1.80. The van der Waals surface area contributed by atoms with E-state index in [9.17, 15) is 9.59 Å². The topological polar surface area (TPSA) is 68.3 Å². The minimum atomic E-state index is -0.969. The summed E-state index contributed by atoms with van der Waals surface area (Å²) in [6.07, 6.45) is 3.33. The summed E-state index contributed by atoms with van der Waals surface area (Å²) in [5, 5.41) is 3.17. The van der Waals surface area contributed by atoms with Gasteiger partial charge in [0.25, 0.3) is 5.91 Å². The van der Waals surface area contributed by atoms with Crippen LogP contribution in [0.4, 0.5) is 0 Å². The van der Waals surface area contributed by atoms with Crippen LogP contribution in [0.25, 0.3) is 4.91 Å². The second-order valence-electron chi connectivity index (χ2n) is 5.04. The van der Waals surface area contributed by atoms with E-state index < -0.39 is 11.4 Å². The lowest BCUT2D eigenvalue weighted by Crippen LogP contribution is -2.38. The molecule has 2 aromatic rings. The first-order chi connectivity index (χ1) is 11.5. The number of halogens is 1. The predicted octanol–water partition coefficient (Wildman–Crippen LogP) is 3.47. The molecule has 0 aliphatic carbocycles. The molecule has 24 heavy (non-hydrogen) atoms. The third kappa shape index (κ3) is 3.60. The number of carbonyl (C=O) groups is 2. The Morgan fingerprint density at radius 3 is 2.75 bits per heavy atom. The first-order valence-corrected chi connectivity index (χ1v) is 8.35. The number of amides is 1. The molecule has 0 saturated heterocycles. The molecule has 1 atom stereocenters. The standard InChI is InChI=1S/C17H13ClN2O3S/c1-10-14(11-5-7-19-8-6-11)24-17(15(21)20-10)23-16(22)12-3-2-4-13(18)9-12/h2-9,17H,1H3,(H,20,21). The zero-order valence-electron chi connectivity index (χ0n) is 12.7. The summed E-state index contributed by atoms with van der Waals surface area (Å²) >= 11 is 7.07. The zero-order valence-corrected chi connectivity index (χ0v) is 14.2. The van der Waals surface area contributed by atoms with Gasteiger partial charge in [-0.25, -0.2) is 4.79 Å². The number of ether oxygens (including phenoxy) is 1. The van der Waals surface area contributed by atoms with Gasteiger partial charge in [-0.05, 0) is 42.8 Å². The number of nitrogens with zero attached hydrogens (tertiary/aromatic N) is 1. The van der Waals surface area contributed by atoms with Crippen molar-refractivity contribution in [2.45, 2.75) is 12.4 Å². The van der Waals surface area contributed by atoms with E-state index in [2.05, 4.69) is 10.3 Å². The smallest absolute Gasteiger partial charge is 0.339 e. The second kappa shape index (κ2) is 7.07. The number of thioether (sulfide) groups is 1. The Labute approximate surface area is 148 Å². The highest BCUT2D eigenvalue weighted by molar-refractivity contribution is 8.09. The summed E-state index contributed by atoms with van der Waals surface area (Å²) in [6, 6.07) is 10.1. The third-order valence-electron chi connectivity index (χ3n) is 3.31. The lowest BCUT2D eigenvalue weighted by Gasteiger charge is -2.25. The lowest BCUT2D eigenvalue weighted by atomic mass is 10.2. The number of hydrogen-bond donors (Lipinski definition) is 1. The maximum absolute atomic E-state index is 12.2. The number of carbonyl (C=O) groups excluding carboxylic acids is 2. The van der Waals surface area contributed by atoms with Crippen LogP contribution in [-0.4, -0.2) is 22.3 Å². The molecule has 0 bridgehead atoms. The Bertz CT molecular complexity index is 824. The summed E-state index contributed by atoms with van der Waals surface area (Å²) in [5.74, 6) is -0.968. The van der Waals surface area contributed by atoms with Crippen molar-refractivity contribution in [1.82, 2.24) is 10.3 Å². The van der Waals surface area contributed by atoms with Gasteiger partial charge in [-0.15, -0.1) is 0 Å². The van der Waals surface area contributed by atoms with Gasteiger partial charge < -0.3 is 10.1 Å². The van der Waals surface area contributed by atoms with E-state index in [1.54, 1.807) is 37.5 Å². The molecular weight excluding hydrogens is 348 g/mol.